The van der Waals surface area contributed by atoms with E-state index in [2.05, 4.69) is 0 Å². The minimum Gasteiger partial charge on any atom is -0.377 e. The van der Waals surface area contributed by atoms with Crippen molar-refractivity contribution in [3.8, 4) is 0 Å². The van der Waals surface area contributed by atoms with Crippen molar-refractivity contribution in [2.45, 2.75) is 44.2 Å². The van der Waals surface area contributed by atoms with Gasteiger partial charge in [0.1, 0.15) is 0 Å². The number of nitrogens with two attached hydrogens (primary N) is 1. The van der Waals surface area contributed by atoms with Crippen molar-refractivity contribution in [2.24, 2.45) is 5.73 Å². The molecule has 2 rings (SSSR count). The van der Waals surface area contributed by atoms with E-state index < -0.39 is 10.0 Å². The lowest BCUT2D eigenvalue weighted by Crippen LogP contribution is -2.48. The van der Waals surface area contributed by atoms with Gasteiger partial charge in [-0.05, 0) is 32.1 Å². The lowest BCUT2D eigenvalue weighted by atomic mass is 10.1. The highest BCUT2D eigenvalue weighted by molar-refractivity contribution is 7.89. The summed E-state index contributed by atoms with van der Waals surface area (Å²) in [6, 6.07) is -0.00852. The van der Waals surface area contributed by atoms with E-state index >= 15 is 0 Å². The fourth-order valence-electron chi connectivity index (χ4n) is 2.51. The highest BCUT2D eigenvalue weighted by atomic mass is 32.2. The van der Waals surface area contributed by atoms with Crippen LogP contribution in [0.3, 0.4) is 0 Å². The molecule has 2 aliphatic rings. The number of hydrogen-bond acceptors (Lipinski definition) is 4. The molecule has 0 radical (unpaired) electrons. The third kappa shape index (κ3) is 3.64. The van der Waals surface area contributed by atoms with E-state index in [1.165, 1.54) is 0 Å². The van der Waals surface area contributed by atoms with Gasteiger partial charge in [-0.3, -0.25) is 0 Å². The van der Waals surface area contributed by atoms with Crippen molar-refractivity contribution in [3.05, 3.63) is 0 Å². The monoisotopic (exact) mass is 262 g/mol. The van der Waals surface area contributed by atoms with Gasteiger partial charge < -0.3 is 10.5 Å². The molecule has 2 N–H and O–H groups in total. The fourth-order valence-corrected chi connectivity index (χ4v) is 4.28. The van der Waals surface area contributed by atoms with E-state index in [0.29, 0.717) is 19.7 Å². The zero-order valence-corrected chi connectivity index (χ0v) is 11.0. The minimum absolute atomic E-state index is 0.00852. The van der Waals surface area contributed by atoms with Crippen LogP contribution in [0.5, 0.6) is 0 Å². The van der Waals surface area contributed by atoms with Gasteiger partial charge in [0.05, 0.1) is 11.9 Å². The van der Waals surface area contributed by atoms with Gasteiger partial charge in [-0.1, -0.05) is 0 Å². The van der Waals surface area contributed by atoms with E-state index in [1.807, 2.05) is 0 Å². The summed E-state index contributed by atoms with van der Waals surface area (Å²) in [6.07, 6.45) is 4.65. The Labute approximate surface area is 103 Å². The first-order chi connectivity index (χ1) is 8.08. The van der Waals surface area contributed by atoms with Crippen LogP contribution in [0.1, 0.15) is 32.1 Å². The molecular weight excluding hydrogens is 240 g/mol. The largest absolute Gasteiger partial charge is 0.377 e. The molecule has 100 valence electrons. The summed E-state index contributed by atoms with van der Waals surface area (Å²) < 4.78 is 31.4. The van der Waals surface area contributed by atoms with Gasteiger partial charge in [0, 0.05) is 25.7 Å². The molecule has 2 atom stereocenters. The summed E-state index contributed by atoms with van der Waals surface area (Å²) in [5.74, 6) is 0.125. The molecule has 2 heterocycles. The normalized spacial score (nSPS) is 32.5. The molecule has 2 fully saturated rings. The molecular formula is C11H22N2O3S. The summed E-state index contributed by atoms with van der Waals surface area (Å²) in [7, 11) is -3.19. The Balaban J connectivity index is 1.92. The standard InChI is InChI=1S/C11H22N2O3S/c12-10-4-3-6-13(8-10)17(14,15)9-11-5-1-2-7-16-11/h10-11H,1-9,12H2. The average Bonchev–Trinajstić information content (AvgIpc) is 2.30. The van der Waals surface area contributed by atoms with Crippen molar-refractivity contribution in [1.82, 2.24) is 4.31 Å². The predicted octanol–water partition coefficient (Wildman–Crippen LogP) is 0.308. The molecule has 0 saturated carbocycles. The Morgan fingerprint density at radius 1 is 1.24 bits per heavy atom. The molecule has 17 heavy (non-hydrogen) atoms. The van der Waals surface area contributed by atoms with Gasteiger partial charge in [-0.25, -0.2) is 12.7 Å². The average molecular weight is 262 g/mol. The van der Waals surface area contributed by atoms with Crippen LogP contribution >= 0.6 is 0 Å². The van der Waals surface area contributed by atoms with Crippen molar-refractivity contribution >= 4 is 10.0 Å². The Bertz CT molecular complexity index is 339. The first-order valence-electron chi connectivity index (χ1n) is 6.43. The second-order valence-corrected chi connectivity index (χ2v) is 7.04. The smallest absolute Gasteiger partial charge is 0.216 e. The Hall–Kier alpha value is -0.170. The summed E-state index contributed by atoms with van der Waals surface area (Å²) >= 11 is 0. The van der Waals surface area contributed by atoms with Crippen molar-refractivity contribution < 1.29 is 13.2 Å². The third-order valence-corrected chi connectivity index (χ3v) is 5.40. The first-order valence-corrected chi connectivity index (χ1v) is 8.04. The maximum absolute atomic E-state index is 12.2. The van der Waals surface area contributed by atoms with Crippen LogP contribution in [-0.4, -0.2) is 50.3 Å². The fraction of sp³-hybridized carbons (Fsp3) is 1.00. The molecule has 0 aromatic heterocycles. The predicted molar refractivity (Wildman–Crippen MR) is 66.2 cm³/mol. The molecule has 6 heteroatoms. The third-order valence-electron chi connectivity index (χ3n) is 3.48. The molecule has 2 unspecified atom stereocenters. The maximum atomic E-state index is 12.2. The van der Waals surface area contributed by atoms with E-state index in [1.54, 1.807) is 4.31 Å². The van der Waals surface area contributed by atoms with Crippen LogP contribution in [0.2, 0.25) is 0 Å². The van der Waals surface area contributed by atoms with Crippen LogP contribution in [0.15, 0.2) is 0 Å². The summed E-state index contributed by atoms with van der Waals surface area (Å²) in [5, 5.41) is 0. The Morgan fingerprint density at radius 2 is 2.06 bits per heavy atom. The molecule has 0 amide bonds. The van der Waals surface area contributed by atoms with Gasteiger partial charge >= 0.3 is 0 Å². The van der Waals surface area contributed by atoms with Crippen LogP contribution in [-0.2, 0) is 14.8 Å². The first kappa shape index (κ1) is 13.3. The molecule has 0 aliphatic carbocycles. The molecule has 2 saturated heterocycles. The Morgan fingerprint density at radius 3 is 2.71 bits per heavy atom. The Kier molecular flexibility index (Phi) is 4.41. The van der Waals surface area contributed by atoms with E-state index in [4.69, 9.17) is 10.5 Å². The van der Waals surface area contributed by atoms with Gasteiger partial charge in [-0.2, -0.15) is 0 Å². The van der Waals surface area contributed by atoms with Crippen molar-refractivity contribution in [2.75, 3.05) is 25.4 Å². The van der Waals surface area contributed by atoms with Crippen LogP contribution in [0.25, 0.3) is 0 Å². The molecule has 5 nitrogen and oxygen atoms in total. The molecule has 0 aromatic carbocycles. The second kappa shape index (κ2) is 5.65. The molecule has 0 spiro atoms. The molecule has 0 aromatic rings. The second-order valence-electron chi connectivity index (χ2n) is 5.03. The van der Waals surface area contributed by atoms with Gasteiger partial charge in [-0.15, -0.1) is 0 Å². The van der Waals surface area contributed by atoms with Crippen molar-refractivity contribution in [1.29, 1.82) is 0 Å². The van der Waals surface area contributed by atoms with Crippen LogP contribution < -0.4 is 5.73 Å². The highest BCUT2D eigenvalue weighted by Crippen LogP contribution is 2.18. The van der Waals surface area contributed by atoms with Crippen LogP contribution in [0.4, 0.5) is 0 Å². The number of rotatable bonds is 3. The van der Waals surface area contributed by atoms with Crippen molar-refractivity contribution in [3.63, 3.8) is 0 Å². The van der Waals surface area contributed by atoms with Gasteiger partial charge in [0.2, 0.25) is 10.0 Å². The maximum Gasteiger partial charge on any atom is 0.216 e. The van der Waals surface area contributed by atoms with Gasteiger partial charge in [0.25, 0.3) is 0 Å². The number of hydrogen-bond donors (Lipinski definition) is 1. The number of ether oxygens (including phenoxy) is 1. The topological polar surface area (TPSA) is 72.6 Å². The van der Waals surface area contributed by atoms with Gasteiger partial charge in [0.15, 0.2) is 0 Å². The highest BCUT2D eigenvalue weighted by Gasteiger charge is 2.30. The van der Waals surface area contributed by atoms with E-state index in [-0.39, 0.29) is 17.9 Å². The summed E-state index contributed by atoms with van der Waals surface area (Å²) in [5.41, 5.74) is 5.82. The number of piperidine rings is 1. The van der Waals surface area contributed by atoms with E-state index in [0.717, 1.165) is 32.1 Å². The van der Waals surface area contributed by atoms with E-state index in [9.17, 15) is 8.42 Å². The zero-order chi connectivity index (χ0) is 12.3. The molecule has 0 bridgehead atoms. The number of sulfonamides is 1. The summed E-state index contributed by atoms with van der Waals surface area (Å²) in [4.78, 5) is 0. The lowest BCUT2D eigenvalue weighted by Gasteiger charge is -2.32. The summed E-state index contributed by atoms with van der Waals surface area (Å²) in [6.45, 7) is 1.78. The zero-order valence-electron chi connectivity index (χ0n) is 10.2. The minimum atomic E-state index is -3.19. The molecule has 2 aliphatic heterocycles. The quantitative estimate of drug-likeness (QED) is 0.794. The SMILES string of the molecule is NC1CCCN(S(=O)(=O)CC2CCCCO2)C1. The lowest BCUT2D eigenvalue weighted by molar-refractivity contribution is 0.0298. The van der Waals surface area contributed by atoms with Crippen LogP contribution in [0, 0.1) is 0 Å². The number of nitrogens with zero attached hydrogens (tertiary/aromatic N) is 1.